The molecule has 2 unspecified atom stereocenters. The van der Waals surface area contributed by atoms with Crippen LogP contribution in [0.3, 0.4) is 0 Å². The molecule has 4 heteroatoms. The van der Waals surface area contributed by atoms with Crippen molar-refractivity contribution in [3.8, 4) is 0 Å². The molecular weight excluding hydrogens is 194 g/mol. The topological polar surface area (TPSA) is 60.8 Å². The summed E-state index contributed by atoms with van der Waals surface area (Å²) in [6.45, 7) is 2.71. The first-order valence-electron chi connectivity index (χ1n) is 5.76. The quantitative estimate of drug-likeness (QED) is 0.739. The lowest BCUT2D eigenvalue weighted by Crippen LogP contribution is -2.48. The molecule has 0 saturated carbocycles. The van der Waals surface area contributed by atoms with Gasteiger partial charge in [0.15, 0.2) is 0 Å². The standard InChI is InChI=1S/C11H21NO3/c1-9(8-13)12-7-5-3-2-4-6-10(12)11(14)15/h9-10,13H,2-8H2,1H3,(H,14,15). The maximum Gasteiger partial charge on any atom is 0.320 e. The molecule has 0 spiro atoms. The van der Waals surface area contributed by atoms with Crippen LogP contribution in [0.2, 0.25) is 0 Å². The van der Waals surface area contributed by atoms with E-state index in [0.29, 0.717) is 6.42 Å². The summed E-state index contributed by atoms with van der Waals surface area (Å²) in [7, 11) is 0. The molecular formula is C11H21NO3. The van der Waals surface area contributed by atoms with E-state index in [1.807, 2.05) is 11.8 Å². The summed E-state index contributed by atoms with van der Waals surface area (Å²) in [5, 5.41) is 18.3. The number of nitrogens with zero attached hydrogens (tertiary/aromatic N) is 1. The van der Waals surface area contributed by atoms with Crippen molar-refractivity contribution < 1.29 is 15.0 Å². The molecule has 2 N–H and O–H groups in total. The van der Waals surface area contributed by atoms with E-state index in [-0.39, 0.29) is 12.6 Å². The number of hydrogen-bond acceptors (Lipinski definition) is 3. The lowest BCUT2D eigenvalue weighted by atomic mass is 10.0. The predicted octanol–water partition coefficient (Wildman–Crippen LogP) is 1.09. The van der Waals surface area contributed by atoms with Crippen molar-refractivity contribution in [2.24, 2.45) is 0 Å². The predicted molar refractivity (Wildman–Crippen MR) is 57.8 cm³/mol. The Morgan fingerprint density at radius 3 is 2.67 bits per heavy atom. The van der Waals surface area contributed by atoms with Gasteiger partial charge in [0.05, 0.1) is 6.61 Å². The number of carbonyl (C=O) groups is 1. The number of likely N-dealkylation sites (tertiary alicyclic amines) is 1. The zero-order valence-corrected chi connectivity index (χ0v) is 9.35. The SMILES string of the molecule is CC(CO)N1CCCCCCC1C(=O)O. The molecule has 0 bridgehead atoms. The second kappa shape index (κ2) is 6.08. The molecule has 0 amide bonds. The van der Waals surface area contributed by atoms with Gasteiger partial charge in [-0.2, -0.15) is 0 Å². The van der Waals surface area contributed by atoms with E-state index < -0.39 is 12.0 Å². The molecule has 1 rings (SSSR count). The second-order valence-electron chi connectivity index (χ2n) is 4.33. The smallest absolute Gasteiger partial charge is 0.320 e. The van der Waals surface area contributed by atoms with Gasteiger partial charge in [-0.3, -0.25) is 9.69 Å². The van der Waals surface area contributed by atoms with E-state index in [1.165, 1.54) is 6.42 Å². The van der Waals surface area contributed by atoms with Gasteiger partial charge in [0, 0.05) is 6.04 Å². The monoisotopic (exact) mass is 215 g/mol. The number of aliphatic hydroxyl groups excluding tert-OH is 1. The fraction of sp³-hybridized carbons (Fsp3) is 0.909. The lowest BCUT2D eigenvalue weighted by Gasteiger charge is -2.34. The van der Waals surface area contributed by atoms with Crippen LogP contribution >= 0.6 is 0 Å². The Morgan fingerprint density at radius 2 is 2.07 bits per heavy atom. The van der Waals surface area contributed by atoms with Crippen LogP contribution in [0.1, 0.15) is 39.0 Å². The third kappa shape index (κ3) is 3.47. The molecule has 1 fully saturated rings. The molecule has 15 heavy (non-hydrogen) atoms. The molecule has 2 atom stereocenters. The van der Waals surface area contributed by atoms with Crippen LogP contribution in [0.5, 0.6) is 0 Å². The third-order valence-corrected chi connectivity index (χ3v) is 3.16. The highest BCUT2D eigenvalue weighted by atomic mass is 16.4. The third-order valence-electron chi connectivity index (χ3n) is 3.16. The average Bonchev–Trinajstić information content (AvgIpc) is 2.16. The fourth-order valence-corrected chi connectivity index (χ4v) is 2.21. The van der Waals surface area contributed by atoms with Gasteiger partial charge in [0.1, 0.15) is 6.04 Å². The molecule has 0 aromatic carbocycles. The normalized spacial score (nSPS) is 26.7. The Hall–Kier alpha value is -0.610. The van der Waals surface area contributed by atoms with Crippen LogP contribution in [0.15, 0.2) is 0 Å². The van der Waals surface area contributed by atoms with Gasteiger partial charge in [-0.25, -0.2) is 0 Å². The lowest BCUT2D eigenvalue weighted by molar-refractivity contribution is -0.145. The van der Waals surface area contributed by atoms with Crippen LogP contribution < -0.4 is 0 Å². The van der Waals surface area contributed by atoms with Gasteiger partial charge in [0.2, 0.25) is 0 Å². The van der Waals surface area contributed by atoms with Gasteiger partial charge < -0.3 is 10.2 Å². The zero-order chi connectivity index (χ0) is 11.3. The summed E-state index contributed by atoms with van der Waals surface area (Å²) in [5.41, 5.74) is 0. The number of rotatable bonds is 3. The summed E-state index contributed by atoms with van der Waals surface area (Å²) in [6.07, 6.45) is 5.02. The van der Waals surface area contributed by atoms with Gasteiger partial charge >= 0.3 is 5.97 Å². The Balaban J connectivity index is 2.68. The highest BCUT2D eigenvalue weighted by Crippen LogP contribution is 2.19. The molecule has 1 aliphatic heterocycles. The Morgan fingerprint density at radius 1 is 1.40 bits per heavy atom. The number of carboxylic acids is 1. The number of aliphatic hydroxyl groups is 1. The molecule has 1 aliphatic rings. The fourth-order valence-electron chi connectivity index (χ4n) is 2.21. The highest BCUT2D eigenvalue weighted by molar-refractivity contribution is 5.73. The zero-order valence-electron chi connectivity index (χ0n) is 9.35. The molecule has 0 aliphatic carbocycles. The molecule has 1 heterocycles. The minimum absolute atomic E-state index is 0.0315. The van der Waals surface area contributed by atoms with Gasteiger partial charge in [-0.15, -0.1) is 0 Å². The van der Waals surface area contributed by atoms with E-state index in [9.17, 15) is 4.79 Å². The van der Waals surface area contributed by atoms with Crippen LogP contribution in [-0.2, 0) is 4.79 Å². The first-order valence-corrected chi connectivity index (χ1v) is 5.76. The number of hydrogen-bond donors (Lipinski definition) is 2. The van der Waals surface area contributed by atoms with E-state index in [0.717, 1.165) is 25.8 Å². The van der Waals surface area contributed by atoms with E-state index in [4.69, 9.17) is 10.2 Å². The molecule has 88 valence electrons. The first kappa shape index (κ1) is 12.5. The summed E-state index contributed by atoms with van der Waals surface area (Å²) < 4.78 is 0. The number of aliphatic carboxylic acids is 1. The first-order chi connectivity index (χ1) is 7.16. The minimum atomic E-state index is -0.753. The summed E-state index contributed by atoms with van der Waals surface area (Å²) in [6, 6.07) is -0.461. The van der Waals surface area contributed by atoms with Crippen LogP contribution in [0.4, 0.5) is 0 Å². The summed E-state index contributed by atoms with van der Waals surface area (Å²) >= 11 is 0. The van der Waals surface area contributed by atoms with Crippen LogP contribution in [-0.4, -0.2) is 46.3 Å². The van der Waals surface area contributed by atoms with Crippen molar-refractivity contribution in [2.45, 2.75) is 51.1 Å². The van der Waals surface area contributed by atoms with Crippen LogP contribution in [0, 0.1) is 0 Å². The summed E-state index contributed by atoms with van der Waals surface area (Å²) in [4.78, 5) is 13.1. The highest BCUT2D eigenvalue weighted by Gasteiger charge is 2.29. The molecule has 1 saturated heterocycles. The van der Waals surface area contributed by atoms with Crippen molar-refractivity contribution in [3.63, 3.8) is 0 Å². The van der Waals surface area contributed by atoms with Gasteiger partial charge in [-0.05, 0) is 26.3 Å². The van der Waals surface area contributed by atoms with Crippen molar-refractivity contribution in [3.05, 3.63) is 0 Å². The van der Waals surface area contributed by atoms with Crippen molar-refractivity contribution >= 4 is 5.97 Å². The average molecular weight is 215 g/mol. The van der Waals surface area contributed by atoms with E-state index in [2.05, 4.69) is 0 Å². The van der Waals surface area contributed by atoms with Crippen molar-refractivity contribution in [2.75, 3.05) is 13.2 Å². The van der Waals surface area contributed by atoms with Crippen molar-refractivity contribution in [1.29, 1.82) is 0 Å². The van der Waals surface area contributed by atoms with Crippen molar-refractivity contribution in [1.82, 2.24) is 4.90 Å². The number of carboxylic acid groups (broad SMARTS) is 1. The van der Waals surface area contributed by atoms with E-state index in [1.54, 1.807) is 0 Å². The molecule has 0 radical (unpaired) electrons. The Kier molecular flexibility index (Phi) is 5.05. The minimum Gasteiger partial charge on any atom is -0.480 e. The summed E-state index contributed by atoms with van der Waals surface area (Å²) in [5.74, 6) is -0.753. The maximum absolute atomic E-state index is 11.1. The second-order valence-corrected chi connectivity index (χ2v) is 4.33. The van der Waals surface area contributed by atoms with E-state index >= 15 is 0 Å². The molecule has 0 aromatic heterocycles. The largest absolute Gasteiger partial charge is 0.480 e. The Bertz CT molecular complexity index is 208. The maximum atomic E-state index is 11.1. The Labute approximate surface area is 90.9 Å². The molecule has 4 nitrogen and oxygen atoms in total. The van der Waals surface area contributed by atoms with Gasteiger partial charge in [0.25, 0.3) is 0 Å². The van der Waals surface area contributed by atoms with Gasteiger partial charge in [-0.1, -0.05) is 19.3 Å². The molecule has 0 aromatic rings. The van der Waals surface area contributed by atoms with Crippen LogP contribution in [0.25, 0.3) is 0 Å².